The van der Waals surface area contributed by atoms with Crippen molar-refractivity contribution in [1.82, 2.24) is 0 Å². The summed E-state index contributed by atoms with van der Waals surface area (Å²) in [6, 6.07) is 3.69. The second-order valence-electron chi connectivity index (χ2n) is 4.08. The van der Waals surface area contributed by atoms with Gasteiger partial charge >= 0.3 is 0 Å². The van der Waals surface area contributed by atoms with E-state index < -0.39 is 19.3 Å². The number of nitriles is 2. The summed E-state index contributed by atoms with van der Waals surface area (Å²) < 4.78 is 21.4. The van der Waals surface area contributed by atoms with Crippen LogP contribution in [0.5, 0.6) is 0 Å². The van der Waals surface area contributed by atoms with Gasteiger partial charge in [-0.25, -0.2) is 8.42 Å². The maximum atomic E-state index is 12.2. The van der Waals surface area contributed by atoms with Gasteiger partial charge in [0.2, 0.25) is 0 Å². The van der Waals surface area contributed by atoms with Crippen molar-refractivity contribution < 1.29 is 8.42 Å². The van der Waals surface area contributed by atoms with Crippen LogP contribution in [0, 0.1) is 34.5 Å². The Bertz CT molecular complexity index is 580. The summed E-state index contributed by atoms with van der Waals surface area (Å²) in [5.41, 5.74) is 0. The van der Waals surface area contributed by atoms with Gasteiger partial charge in [0, 0.05) is 11.8 Å². The van der Waals surface area contributed by atoms with E-state index in [2.05, 4.69) is 0 Å². The first-order chi connectivity index (χ1) is 7.06. The molecule has 0 aromatic rings. The van der Waals surface area contributed by atoms with Gasteiger partial charge in [-0.05, 0) is 12.2 Å². The van der Waals surface area contributed by atoms with Crippen LogP contribution in [0.3, 0.4) is 0 Å². The van der Waals surface area contributed by atoms with Crippen molar-refractivity contribution in [3.63, 3.8) is 0 Å². The van der Waals surface area contributed by atoms with E-state index in [1.165, 1.54) is 12.2 Å². The largest absolute Gasteiger partial charge is 0.225 e. The van der Waals surface area contributed by atoms with Crippen LogP contribution < -0.4 is 0 Å². The Labute approximate surface area is 87.0 Å². The van der Waals surface area contributed by atoms with Crippen LogP contribution in [0.1, 0.15) is 0 Å². The summed E-state index contributed by atoms with van der Waals surface area (Å²) >= 11 is 0. The van der Waals surface area contributed by atoms with Crippen LogP contribution in [-0.4, -0.2) is 17.9 Å². The highest BCUT2D eigenvalue weighted by atomic mass is 32.2. The van der Waals surface area contributed by atoms with E-state index in [1.54, 1.807) is 18.2 Å². The van der Waals surface area contributed by atoms with Gasteiger partial charge in [-0.15, -0.1) is 0 Å². The smallest absolute Gasteiger partial charge is 0.196 e. The van der Waals surface area contributed by atoms with Crippen LogP contribution in [-0.2, 0) is 9.84 Å². The molecule has 74 valence electrons. The summed E-state index contributed by atoms with van der Waals surface area (Å²) in [5, 5.41) is 18.1. The third-order valence-corrected chi connectivity index (χ3v) is 6.39. The fraction of sp³-hybridized carbons (Fsp3) is 0.400. The maximum Gasteiger partial charge on any atom is 0.196 e. The van der Waals surface area contributed by atoms with E-state index in [9.17, 15) is 8.42 Å². The average molecular weight is 218 g/mol. The zero-order valence-corrected chi connectivity index (χ0v) is 8.40. The number of hydrogen-bond acceptors (Lipinski definition) is 4. The molecule has 0 saturated heterocycles. The lowest BCUT2D eigenvalue weighted by Gasteiger charge is -2.27. The van der Waals surface area contributed by atoms with Crippen LogP contribution in [0.2, 0.25) is 0 Å². The molecule has 2 bridgehead atoms. The van der Waals surface area contributed by atoms with Crippen molar-refractivity contribution in [3.05, 3.63) is 24.3 Å². The van der Waals surface area contributed by atoms with E-state index >= 15 is 0 Å². The Morgan fingerprint density at radius 3 is 2.00 bits per heavy atom. The average Bonchev–Trinajstić information content (AvgIpc) is 2.89. The number of rotatable bonds is 0. The predicted octanol–water partition coefficient (Wildman–Crippen LogP) is 0.312. The lowest BCUT2D eigenvalue weighted by molar-refractivity contribution is 0.570. The van der Waals surface area contributed by atoms with Gasteiger partial charge in [0.1, 0.15) is 0 Å². The first-order valence-corrected chi connectivity index (χ1v) is 5.99. The molecule has 15 heavy (non-hydrogen) atoms. The first-order valence-electron chi connectivity index (χ1n) is 4.51. The van der Waals surface area contributed by atoms with Gasteiger partial charge in [0.05, 0.1) is 12.1 Å². The minimum absolute atomic E-state index is 0.257. The van der Waals surface area contributed by atoms with Crippen molar-refractivity contribution in [2.45, 2.75) is 9.49 Å². The minimum atomic E-state index is -3.75. The van der Waals surface area contributed by atoms with E-state index in [-0.39, 0.29) is 11.8 Å². The van der Waals surface area contributed by atoms with Crippen LogP contribution >= 0.6 is 0 Å². The molecule has 4 nitrogen and oxygen atoms in total. The second kappa shape index (κ2) is 2.00. The lowest BCUT2D eigenvalue weighted by Crippen LogP contribution is -2.46. The normalized spacial score (nSPS) is 51.6. The molecule has 3 aliphatic rings. The molecule has 2 atom stereocenters. The molecule has 0 unspecified atom stereocenters. The third kappa shape index (κ3) is 0.574. The Morgan fingerprint density at radius 1 is 1.07 bits per heavy atom. The molecule has 3 rings (SSSR count). The summed E-state index contributed by atoms with van der Waals surface area (Å²) in [6.07, 6.45) is 6.20. The van der Waals surface area contributed by atoms with Gasteiger partial charge in [0.25, 0.3) is 0 Å². The molecule has 1 fully saturated rings. The molecule has 0 amide bonds. The van der Waals surface area contributed by atoms with E-state index in [0.717, 1.165) is 0 Å². The van der Waals surface area contributed by atoms with Crippen LogP contribution in [0.4, 0.5) is 0 Å². The highest BCUT2D eigenvalue weighted by Crippen LogP contribution is 2.65. The minimum Gasteiger partial charge on any atom is -0.225 e. The highest BCUT2D eigenvalue weighted by Gasteiger charge is 2.79. The molecule has 0 spiro atoms. The summed E-state index contributed by atoms with van der Waals surface area (Å²) in [6.45, 7) is 0. The van der Waals surface area contributed by atoms with E-state index in [4.69, 9.17) is 10.5 Å². The maximum absolute atomic E-state index is 12.2. The van der Waals surface area contributed by atoms with Crippen molar-refractivity contribution in [2.75, 3.05) is 0 Å². The lowest BCUT2D eigenvalue weighted by atomic mass is 10.1. The Balaban J connectivity index is 2.44. The monoisotopic (exact) mass is 218 g/mol. The molecular weight excluding hydrogens is 212 g/mol. The standard InChI is InChI=1S/C10H6N2O2S/c11-5-9-3-1-7-8(2-4-9)10(7,6-12)15(9,13)14/h1-4,7-8H/t7-,8-,9?,10?/m1/s1. The number of fused-ring (bicyclic) bond motifs is 2. The predicted molar refractivity (Wildman–Crippen MR) is 50.9 cm³/mol. The third-order valence-electron chi connectivity index (χ3n) is 3.61. The topological polar surface area (TPSA) is 81.7 Å². The highest BCUT2D eigenvalue weighted by molar-refractivity contribution is 7.95. The van der Waals surface area contributed by atoms with Crippen molar-refractivity contribution >= 4 is 9.84 Å². The summed E-state index contributed by atoms with van der Waals surface area (Å²) in [4.78, 5) is 0. The van der Waals surface area contributed by atoms with E-state index in [1.807, 2.05) is 6.07 Å². The zero-order valence-electron chi connectivity index (χ0n) is 7.58. The molecule has 0 N–H and O–H groups in total. The van der Waals surface area contributed by atoms with Gasteiger partial charge in [-0.1, -0.05) is 12.2 Å². The van der Waals surface area contributed by atoms with Crippen LogP contribution in [0.25, 0.3) is 0 Å². The van der Waals surface area contributed by atoms with Crippen LogP contribution in [0.15, 0.2) is 24.3 Å². The number of hydrogen-bond donors (Lipinski definition) is 0. The van der Waals surface area contributed by atoms with Gasteiger partial charge in [0.15, 0.2) is 19.3 Å². The molecule has 0 aromatic heterocycles. The SMILES string of the molecule is N#CC12C=C[C@@H]3[C@@H](C=C1)C3(C#N)S2(=O)=O. The van der Waals surface area contributed by atoms with Crippen molar-refractivity contribution in [2.24, 2.45) is 11.8 Å². The Kier molecular flexibility index (Phi) is 1.16. The summed E-state index contributed by atoms with van der Waals surface area (Å²) in [5.74, 6) is -0.513. The molecule has 2 aliphatic heterocycles. The molecule has 2 heterocycles. The fourth-order valence-electron chi connectivity index (χ4n) is 2.65. The molecule has 0 aromatic carbocycles. The molecule has 1 saturated carbocycles. The van der Waals surface area contributed by atoms with Gasteiger partial charge < -0.3 is 0 Å². The van der Waals surface area contributed by atoms with Crippen molar-refractivity contribution in [3.8, 4) is 12.1 Å². The molecular formula is C10H6N2O2S. The molecule has 5 heteroatoms. The molecule has 0 radical (unpaired) electrons. The van der Waals surface area contributed by atoms with Gasteiger partial charge in [-0.2, -0.15) is 10.5 Å². The first kappa shape index (κ1) is 8.70. The number of nitrogens with zero attached hydrogens (tertiary/aromatic N) is 2. The zero-order chi connectivity index (χ0) is 10.9. The Hall–Kier alpha value is -1.59. The number of sulfone groups is 1. The Morgan fingerprint density at radius 2 is 1.60 bits per heavy atom. The second-order valence-corrected chi connectivity index (χ2v) is 6.44. The quantitative estimate of drug-likeness (QED) is 0.548. The summed E-state index contributed by atoms with van der Waals surface area (Å²) in [7, 11) is -3.75. The molecule has 1 aliphatic carbocycles. The van der Waals surface area contributed by atoms with Crippen molar-refractivity contribution in [1.29, 1.82) is 10.5 Å². The van der Waals surface area contributed by atoms with Gasteiger partial charge in [-0.3, -0.25) is 0 Å². The van der Waals surface area contributed by atoms with E-state index in [0.29, 0.717) is 0 Å². The fourth-order valence-corrected chi connectivity index (χ4v) is 5.07. The number of allylic oxidation sites excluding steroid dienone is 2.